The lowest BCUT2D eigenvalue weighted by Crippen LogP contribution is -2.51. The number of hydrogen-bond donors (Lipinski definition) is 1. The molecule has 0 aromatic rings. The Labute approximate surface area is 122 Å². The fourth-order valence-corrected chi connectivity index (χ4v) is 4.37. The van der Waals surface area contributed by atoms with Gasteiger partial charge in [-0.2, -0.15) is 0 Å². The summed E-state index contributed by atoms with van der Waals surface area (Å²) in [5, 5.41) is 3.46. The molecule has 3 rings (SSSR count). The third kappa shape index (κ3) is 2.55. The first-order chi connectivity index (χ1) is 9.54. The lowest BCUT2D eigenvalue weighted by Gasteiger charge is -2.48. The van der Waals surface area contributed by atoms with Crippen molar-refractivity contribution in [2.45, 2.75) is 64.4 Å². The SMILES string of the molecule is CC(C)(C(=O)C1CCOC2(CCC2)C1)C1CCCNC1. The Morgan fingerprint density at radius 3 is 2.65 bits per heavy atom. The van der Waals surface area contributed by atoms with Crippen molar-refractivity contribution in [1.82, 2.24) is 5.32 Å². The van der Waals surface area contributed by atoms with E-state index in [9.17, 15) is 4.79 Å². The number of carbonyl (C=O) groups excluding carboxylic acids is 1. The fraction of sp³-hybridized carbons (Fsp3) is 0.941. The van der Waals surface area contributed by atoms with Crippen molar-refractivity contribution in [1.29, 1.82) is 0 Å². The molecule has 0 amide bonds. The molecule has 1 spiro atoms. The average Bonchev–Trinajstić information content (AvgIpc) is 2.46. The molecule has 2 unspecified atom stereocenters. The van der Waals surface area contributed by atoms with Crippen LogP contribution in [0.25, 0.3) is 0 Å². The number of hydrogen-bond acceptors (Lipinski definition) is 3. The number of nitrogens with one attached hydrogen (secondary N) is 1. The molecule has 2 aliphatic heterocycles. The van der Waals surface area contributed by atoms with Crippen molar-refractivity contribution < 1.29 is 9.53 Å². The summed E-state index contributed by atoms with van der Waals surface area (Å²) in [5.74, 6) is 1.24. The summed E-state index contributed by atoms with van der Waals surface area (Å²) in [4.78, 5) is 13.1. The van der Waals surface area contributed by atoms with E-state index in [4.69, 9.17) is 4.74 Å². The largest absolute Gasteiger partial charge is 0.375 e. The third-order valence-electron chi connectivity index (χ3n) is 6.08. The maximum absolute atomic E-state index is 13.1. The number of ketones is 1. The molecule has 1 N–H and O–H groups in total. The van der Waals surface area contributed by atoms with E-state index in [1.807, 2.05) is 0 Å². The molecule has 0 aromatic carbocycles. The minimum absolute atomic E-state index is 0.0828. The maximum atomic E-state index is 13.1. The lowest BCUT2D eigenvalue weighted by molar-refractivity contribution is -0.162. The highest BCUT2D eigenvalue weighted by atomic mass is 16.5. The van der Waals surface area contributed by atoms with Crippen LogP contribution in [-0.2, 0) is 9.53 Å². The van der Waals surface area contributed by atoms with Crippen molar-refractivity contribution in [3.8, 4) is 0 Å². The normalized spacial score (nSPS) is 33.7. The lowest BCUT2D eigenvalue weighted by atomic mass is 9.64. The second-order valence-corrected chi connectivity index (χ2v) is 7.70. The Hall–Kier alpha value is -0.410. The summed E-state index contributed by atoms with van der Waals surface area (Å²) in [7, 11) is 0. The predicted octanol–water partition coefficient (Wildman–Crippen LogP) is 2.93. The zero-order valence-corrected chi connectivity index (χ0v) is 13.0. The molecule has 3 nitrogen and oxygen atoms in total. The van der Waals surface area contributed by atoms with Gasteiger partial charge in [0.25, 0.3) is 0 Å². The standard InChI is InChI=1S/C17H29NO2/c1-16(2,14-5-3-9-18-12-14)15(19)13-6-10-20-17(11-13)7-4-8-17/h13-14,18H,3-12H2,1-2H3. The Kier molecular flexibility index (Phi) is 3.93. The van der Waals surface area contributed by atoms with E-state index in [1.54, 1.807) is 0 Å². The molecule has 114 valence electrons. The monoisotopic (exact) mass is 279 g/mol. The Morgan fingerprint density at radius 2 is 2.05 bits per heavy atom. The van der Waals surface area contributed by atoms with Crippen LogP contribution in [0.5, 0.6) is 0 Å². The van der Waals surface area contributed by atoms with E-state index in [1.165, 1.54) is 32.1 Å². The van der Waals surface area contributed by atoms with E-state index in [-0.39, 0.29) is 16.9 Å². The van der Waals surface area contributed by atoms with E-state index in [0.29, 0.717) is 11.7 Å². The molecule has 2 heterocycles. The maximum Gasteiger partial charge on any atom is 0.142 e. The zero-order valence-electron chi connectivity index (χ0n) is 13.0. The molecule has 3 fully saturated rings. The molecule has 3 heteroatoms. The molecule has 1 saturated carbocycles. The number of rotatable bonds is 3. The van der Waals surface area contributed by atoms with Crippen LogP contribution in [0, 0.1) is 17.3 Å². The van der Waals surface area contributed by atoms with Crippen molar-refractivity contribution in [2.75, 3.05) is 19.7 Å². The number of ether oxygens (including phenoxy) is 1. The molecule has 0 bridgehead atoms. The molecule has 20 heavy (non-hydrogen) atoms. The van der Waals surface area contributed by atoms with Crippen LogP contribution in [0.4, 0.5) is 0 Å². The molecular formula is C17H29NO2. The van der Waals surface area contributed by atoms with Gasteiger partial charge >= 0.3 is 0 Å². The number of Topliss-reactive ketones (excluding diaryl/α,β-unsaturated/α-hetero) is 1. The molecule has 0 radical (unpaired) electrons. The molecule has 1 aliphatic carbocycles. The van der Waals surface area contributed by atoms with Gasteiger partial charge in [0.2, 0.25) is 0 Å². The topological polar surface area (TPSA) is 38.3 Å². The molecule has 0 aromatic heterocycles. The average molecular weight is 279 g/mol. The van der Waals surface area contributed by atoms with Crippen molar-refractivity contribution in [3.63, 3.8) is 0 Å². The van der Waals surface area contributed by atoms with E-state index >= 15 is 0 Å². The summed E-state index contributed by atoms with van der Waals surface area (Å²) >= 11 is 0. The second-order valence-electron chi connectivity index (χ2n) is 7.70. The van der Waals surface area contributed by atoms with Gasteiger partial charge in [0.05, 0.1) is 5.60 Å². The Morgan fingerprint density at radius 1 is 1.25 bits per heavy atom. The van der Waals surface area contributed by atoms with Crippen LogP contribution in [0.3, 0.4) is 0 Å². The Bertz CT molecular complexity index is 367. The molecule has 2 saturated heterocycles. The van der Waals surface area contributed by atoms with Crippen molar-refractivity contribution >= 4 is 5.78 Å². The smallest absolute Gasteiger partial charge is 0.142 e. The first-order valence-corrected chi connectivity index (χ1v) is 8.43. The molecule has 2 atom stereocenters. The quantitative estimate of drug-likeness (QED) is 0.863. The van der Waals surface area contributed by atoms with Gasteiger partial charge in [0.1, 0.15) is 5.78 Å². The summed E-state index contributed by atoms with van der Waals surface area (Å²) in [6.45, 7) is 7.26. The highest BCUT2D eigenvalue weighted by Gasteiger charge is 2.48. The van der Waals surface area contributed by atoms with Gasteiger partial charge in [-0.05, 0) is 64.0 Å². The summed E-state index contributed by atoms with van der Waals surface area (Å²) < 4.78 is 5.98. The number of piperidine rings is 1. The van der Waals surface area contributed by atoms with E-state index in [0.717, 1.165) is 32.5 Å². The summed E-state index contributed by atoms with van der Waals surface area (Å²) in [6, 6.07) is 0. The van der Waals surface area contributed by atoms with Gasteiger partial charge in [0, 0.05) is 17.9 Å². The van der Waals surface area contributed by atoms with Gasteiger partial charge < -0.3 is 10.1 Å². The van der Waals surface area contributed by atoms with Gasteiger partial charge in [-0.3, -0.25) is 4.79 Å². The summed E-state index contributed by atoms with van der Waals surface area (Å²) in [5.41, 5.74) is -0.0974. The minimum Gasteiger partial charge on any atom is -0.375 e. The first kappa shape index (κ1) is 14.5. The first-order valence-electron chi connectivity index (χ1n) is 8.43. The van der Waals surface area contributed by atoms with Crippen LogP contribution in [0.15, 0.2) is 0 Å². The van der Waals surface area contributed by atoms with Gasteiger partial charge in [-0.1, -0.05) is 13.8 Å². The van der Waals surface area contributed by atoms with Crippen LogP contribution >= 0.6 is 0 Å². The van der Waals surface area contributed by atoms with Crippen LogP contribution in [0.1, 0.15) is 58.8 Å². The highest BCUT2D eigenvalue weighted by molar-refractivity contribution is 5.87. The minimum atomic E-state index is -0.180. The molecular weight excluding hydrogens is 250 g/mol. The third-order valence-corrected chi connectivity index (χ3v) is 6.08. The van der Waals surface area contributed by atoms with Crippen LogP contribution < -0.4 is 5.32 Å². The van der Waals surface area contributed by atoms with Gasteiger partial charge in [-0.25, -0.2) is 0 Å². The van der Waals surface area contributed by atoms with Crippen LogP contribution in [0.2, 0.25) is 0 Å². The van der Waals surface area contributed by atoms with Crippen molar-refractivity contribution in [2.24, 2.45) is 17.3 Å². The second kappa shape index (κ2) is 5.42. The Balaban J connectivity index is 1.67. The zero-order chi connectivity index (χ0) is 14.2. The molecule has 3 aliphatic rings. The summed E-state index contributed by atoms with van der Waals surface area (Å²) in [6.07, 6.45) is 7.93. The van der Waals surface area contributed by atoms with E-state index in [2.05, 4.69) is 19.2 Å². The van der Waals surface area contributed by atoms with Crippen molar-refractivity contribution in [3.05, 3.63) is 0 Å². The predicted molar refractivity (Wildman–Crippen MR) is 79.6 cm³/mol. The van der Waals surface area contributed by atoms with Gasteiger partial charge in [0.15, 0.2) is 0 Å². The number of carbonyl (C=O) groups is 1. The van der Waals surface area contributed by atoms with Gasteiger partial charge in [-0.15, -0.1) is 0 Å². The van der Waals surface area contributed by atoms with E-state index < -0.39 is 0 Å². The van der Waals surface area contributed by atoms with Crippen LogP contribution in [-0.4, -0.2) is 31.1 Å². The highest BCUT2D eigenvalue weighted by Crippen LogP contribution is 2.47. The fourth-order valence-electron chi connectivity index (χ4n) is 4.37.